The second-order valence-corrected chi connectivity index (χ2v) is 10.3. The van der Waals surface area contributed by atoms with E-state index in [0.717, 1.165) is 44.4 Å². The van der Waals surface area contributed by atoms with Crippen LogP contribution in [0.4, 0.5) is 11.4 Å². The van der Waals surface area contributed by atoms with Gasteiger partial charge in [0.1, 0.15) is 11.2 Å². The van der Waals surface area contributed by atoms with Gasteiger partial charge in [0.05, 0.1) is 11.1 Å². The van der Waals surface area contributed by atoms with E-state index in [0.29, 0.717) is 0 Å². The first-order chi connectivity index (χ1) is 19.8. The lowest BCUT2D eigenvalue weighted by atomic mass is 9.98. The lowest BCUT2D eigenvalue weighted by Gasteiger charge is -2.12. The van der Waals surface area contributed by atoms with Crippen molar-refractivity contribution in [3.8, 4) is 22.3 Å². The van der Waals surface area contributed by atoms with Gasteiger partial charge in [0.2, 0.25) is 0 Å². The lowest BCUT2D eigenvalue weighted by Crippen LogP contribution is -1.92. The van der Waals surface area contributed by atoms with Gasteiger partial charge < -0.3 is 9.73 Å². The highest BCUT2D eigenvalue weighted by atomic mass is 16.3. The molecule has 188 valence electrons. The fourth-order valence-electron chi connectivity index (χ4n) is 5.79. The van der Waals surface area contributed by atoms with Crippen LogP contribution in [0.5, 0.6) is 0 Å². The Hall–Kier alpha value is -5.34. The zero-order valence-corrected chi connectivity index (χ0v) is 21.8. The van der Waals surface area contributed by atoms with Gasteiger partial charge in [0.25, 0.3) is 0 Å². The van der Waals surface area contributed by atoms with E-state index in [1.165, 1.54) is 32.7 Å². The summed E-state index contributed by atoms with van der Waals surface area (Å²) in [5.41, 5.74) is 8.51. The molecule has 0 saturated carbocycles. The highest BCUT2D eigenvalue weighted by Gasteiger charge is 2.16. The van der Waals surface area contributed by atoms with Crippen molar-refractivity contribution in [1.82, 2.24) is 0 Å². The Labute approximate surface area is 232 Å². The van der Waals surface area contributed by atoms with Crippen LogP contribution in [-0.2, 0) is 0 Å². The molecule has 0 aliphatic heterocycles. The molecule has 0 amide bonds. The van der Waals surface area contributed by atoms with E-state index in [-0.39, 0.29) is 0 Å². The molecule has 1 N–H and O–H groups in total. The molecular formula is C38H25NO. The van der Waals surface area contributed by atoms with Crippen LogP contribution < -0.4 is 5.32 Å². The average Bonchev–Trinajstić information content (AvgIpc) is 3.41. The van der Waals surface area contributed by atoms with E-state index < -0.39 is 0 Å². The molecule has 0 aliphatic carbocycles. The van der Waals surface area contributed by atoms with Crippen LogP contribution in [0, 0.1) is 0 Å². The number of anilines is 2. The summed E-state index contributed by atoms with van der Waals surface area (Å²) >= 11 is 0. The number of para-hydroxylation sites is 1. The molecule has 0 atom stereocenters. The van der Waals surface area contributed by atoms with Crippen LogP contribution in [-0.4, -0.2) is 0 Å². The zero-order chi connectivity index (χ0) is 26.5. The van der Waals surface area contributed by atoms with Gasteiger partial charge in [0, 0.05) is 16.6 Å². The van der Waals surface area contributed by atoms with Crippen molar-refractivity contribution < 1.29 is 4.42 Å². The molecule has 0 unspecified atom stereocenters. The number of hydrogen-bond acceptors (Lipinski definition) is 2. The van der Waals surface area contributed by atoms with E-state index >= 15 is 0 Å². The Morgan fingerprint density at radius 1 is 0.450 bits per heavy atom. The van der Waals surface area contributed by atoms with Crippen molar-refractivity contribution >= 4 is 54.9 Å². The molecule has 2 nitrogen and oxygen atoms in total. The first-order valence-electron chi connectivity index (χ1n) is 13.6. The molecule has 0 aliphatic rings. The number of hydrogen-bond donors (Lipinski definition) is 1. The van der Waals surface area contributed by atoms with Crippen molar-refractivity contribution in [2.24, 2.45) is 0 Å². The van der Waals surface area contributed by atoms with Crippen LogP contribution in [0.1, 0.15) is 0 Å². The summed E-state index contributed by atoms with van der Waals surface area (Å²) in [6.07, 6.45) is 0. The summed E-state index contributed by atoms with van der Waals surface area (Å²) in [6, 6.07) is 51.5. The normalized spacial score (nSPS) is 11.5. The molecule has 40 heavy (non-hydrogen) atoms. The fourth-order valence-corrected chi connectivity index (χ4v) is 5.79. The molecule has 1 aromatic heterocycles. The summed E-state index contributed by atoms with van der Waals surface area (Å²) < 4.78 is 6.50. The number of furan rings is 1. The zero-order valence-electron chi connectivity index (χ0n) is 21.8. The van der Waals surface area contributed by atoms with Crippen LogP contribution in [0.25, 0.3) is 65.7 Å². The van der Waals surface area contributed by atoms with E-state index in [1.54, 1.807) is 0 Å². The SMILES string of the molecule is c1ccc2cc(-c3ccc(Nc4ccc(-c5ccc6ccccc6c5)c5oc6ccccc6c45)cc3)ccc2c1. The molecular weight excluding hydrogens is 486 g/mol. The predicted octanol–water partition coefficient (Wildman–Crippen LogP) is 11.0. The van der Waals surface area contributed by atoms with Crippen molar-refractivity contribution in [3.63, 3.8) is 0 Å². The van der Waals surface area contributed by atoms with Gasteiger partial charge in [0.15, 0.2) is 0 Å². The minimum Gasteiger partial charge on any atom is -0.455 e. The second-order valence-electron chi connectivity index (χ2n) is 10.3. The molecule has 0 bridgehead atoms. The minimum atomic E-state index is 0.889. The van der Waals surface area contributed by atoms with Crippen molar-refractivity contribution in [3.05, 3.63) is 146 Å². The smallest absolute Gasteiger partial charge is 0.145 e. The van der Waals surface area contributed by atoms with Gasteiger partial charge in [-0.3, -0.25) is 0 Å². The highest BCUT2D eigenvalue weighted by molar-refractivity contribution is 6.16. The summed E-state index contributed by atoms with van der Waals surface area (Å²) in [7, 11) is 0. The Kier molecular flexibility index (Phi) is 5.17. The number of fused-ring (bicyclic) bond motifs is 5. The molecule has 8 rings (SSSR count). The number of benzene rings is 7. The fraction of sp³-hybridized carbons (Fsp3) is 0. The molecule has 2 heteroatoms. The maximum atomic E-state index is 6.50. The van der Waals surface area contributed by atoms with E-state index in [2.05, 4.69) is 139 Å². The third-order valence-corrected chi connectivity index (χ3v) is 7.83. The second kappa shape index (κ2) is 9.14. The summed E-state index contributed by atoms with van der Waals surface area (Å²) in [4.78, 5) is 0. The Bertz CT molecular complexity index is 2190. The molecule has 0 radical (unpaired) electrons. The van der Waals surface area contributed by atoms with Gasteiger partial charge in [-0.1, -0.05) is 103 Å². The lowest BCUT2D eigenvalue weighted by molar-refractivity contribution is 0.670. The third kappa shape index (κ3) is 3.81. The minimum absolute atomic E-state index is 0.889. The highest BCUT2D eigenvalue weighted by Crippen LogP contribution is 2.41. The monoisotopic (exact) mass is 511 g/mol. The summed E-state index contributed by atoms with van der Waals surface area (Å²) in [6.45, 7) is 0. The van der Waals surface area contributed by atoms with Crippen molar-refractivity contribution in [1.29, 1.82) is 0 Å². The quantitative estimate of drug-likeness (QED) is 0.254. The van der Waals surface area contributed by atoms with Crippen LogP contribution in [0.2, 0.25) is 0 Å². The third-order valence-electron chi connectivity index (χ3n) is 7.83. The van der Waals surface area contributed by atoms with E-state index in [1.807, 2.05) is 12.1 Å². The van der Waals surface area contributed by atoms with Crippen molar-refractivity contribution in [2.75, 3.05) is 5.32 Å². The molecule has 0 spiro atoms. The Balaban J connectivity index is 1.20. The molecule has 1 heterocycles. The standard InChI is InChI=1S/C38H25NO/c1-3-9-28-23-30(15-13-25(28)7-1)27-17-19-32(20-18-27)39-35-22-21-33(31-16-14-26-8-2-4-10-29(26)24-31)38-37(35)34-11-5-6-12-36(34)40-38/h1-24,39H. The Morgan fingerprint density at radius 3 is 1.80 bits per heavy atom. The molecule has 0 saturated heterocycles. The van der Waals surface area contributed by atoms with Crippen LogP contribution >= 0.6 is 0 Å². The largest absolute Gasteiger partial charge is 0.455 e. The van der Waals surface area contributed by atoms with E-state index in [9.17, 15) is 0 Å². The van der Waals surface area contributed by atoms with Gasteiger partial charge in [-0.05, 0) is 80.7 Å². The van der Waals surface area contributed by atoms with Gasteiger partial charge in [-0.25, -0.2) is 0 Å². The number of nitrogens with one attached hydrogen (secondary N) is 1. The Morgan fingerprint density at radius 2 is 1.05 bits per heavy atom. The van der Waals surface area contributed by atoms with Crippen LogP contribution in [0.3, 0.4) is 0 Å². The summed E-state index contributed by atoms with van der Waals surface area (Å²) in [5.74, 6) is 0. The molecule has 8 aromatic rings. The van der Waals surface area contributed by atoms with Crippen LogP contribution in [0.15, 0.2) is 150 Å². The first kappa shape index (κ1) is 22.6. The predicted molar refractivity (Wildman–Crippen MR) is 169 cm³/mol. The first-order valence-corrected chi connectivity index (χ1v) is 13.6. The topological polar surface area (TPSA) is 25.2 Å². The van der Waals surface area contributed by atoms with E-state index in [4.69, 9.17) is 4.42 Å². The average molecular weight is 512 g/mol. The maximum absolute atomic E-state index is 6.50. The molecule has 7 aromatic carbocycles. The maximum Gasteiger partial charge on any atom is 0.145 e. The molecule has 0 fully saturated rings. The summed E-state index contributed by atoms with van der Waals surface area (Å²) in [5, 5.41) is 10.9. The van der Waals surface area contributed by atoms with Gasteiger partial charge >= 0.3 is 0 Å². The van der Waals surface area contributed by atoms with Gasteiger partial charge in [-0.15, -0.1) is 0 Å². The number of rotatable bonds is 4. The van der Waals surface area contributed by atoms with Gasteiger partial charge in [-0.2, -0.15) is 0 Å². The van der Waals surface area contributed by atoms with Crippen molar-refractivity contribution in [2.45, 2.75) is 0 Å².